The number of carbonyl (C=O) groups is 2. The van der Waals surface area contributed by atoms with Gasteiger partial charge in [-0.1, -0.05) is 23.7 Å². The number of ether oxygens (including phenoxy) is 2. The second kappa shape index (κ2) is 7.63. The predicted molar refractivity (Wildman–Crippen MR) is 94.0 cm³/mol. The van der Waals surface area contributed by atoms with Gasteiger partial charge in [0.2, 0.25) is 12.2 Å². The van der Waals surface area contributed by atoms with Crippen LogP contribution < -0.4 is 15.2 Å². The van der Waals surface area contributed by atoms with Crippen LogP contribution in [0.5, 0.6) is 11.5 Å². The Balaban J connectivity index is 1.71. The molecule has 0 saturated carbocycles. The van der Waals surface area contributed by atoms with Crippen LogP contribution in [0.25, 0.3) is 0 Å². The van der Waals surface area contributed by atoms with E-state index in [9.17, 15) is 14.7 Å². The van der Waals surface area contributed by atoms with E-state index in [1.54, 1.807) is 36.4 Å². The smallest absolute Gasteiger partial charge is 0.261 e. The van der Waals surface area contributed by atoms with E-state index in [1.807, 2.05) is 0 Å². The molecule has 0 spiro atoms. The summed E-state index contributed by atoms with van der Waals surface area (Å²) in [5.41, 5.74) is 6.17. The molecule has 0 aliphatic carbocycles. The highest BCUT2D eigenvalue weighted by atomic mass is 35.5. The molecule has 1 unspecified atom stereocenters. The number of hydrogen-bond acceptors (Lipinski definition) is 5. The first-order valence-electron chi connectivity index (χ1n) is 7.86. The van der Waals surface area contributed by atoms with Crippen molar-refractivity contribution in [2.75, 3.05) is 13.2 Å². The van der Waals surface area contributed by atoms with Crippen molar-refractivity contribution in [2.45, 2.75) is 12.8 Å². The van der Waals surface area contributed by atoms with Crippen LogP contribution in [0, 0.1) is 0 Å². The number of benzene rings is 2. The van der Waals surface area contributed by atoms with E-state index in [2.05, 4.69) is 0 Å². The van der Waals surface area contributed by atoms with Crippen LogP contribution in [0.15, 0.2) is 42.5 Å². The van der Waals surface area contributed by atoms with Gasteiger partial charge in [0.1, 0.15) is 11.5 Å². The summed E-state index contributed by atoms with van der Waals surface area (Å²) in [5, 5.41) is 10.5. The number of halogens is 1. The third-order valence-corrected chi connectivity index (χ3v) is 4.10. The lowest BCUT2D eigenvalue weighted by Crippen LogP contribution is -2.39. The minimum atomic E-state index is -1.23. The van der Waals surface area contributed by atoms with Crippen molar-refractivity contribution in [2.24, 2.45) is 5.73 Å². The molecule has 2 aromatic carbocycles. The molecule has 26 heavy (non-hydrogen) atoms. The number of fused-ring (bicyclic) bond motifs is 1. The van der Waals surface area contributed by atoms with Crippen molar-refractivity contribution >= 4 is 23.4 Å². The van der Waals surface area contributed by atoms with Gasteiger partial charge in [-0.2, -0.15) is 0 Å². The number of nitrogens with two attached hydrogens (primary N) is 1. The number of aliphatic hydroxyl groups excluding tert-OH is 1. The topological polar surface area (TPSA) is 102 Å². The minimum Gasteiger partial charge on any atom is -0.484 e. The first-order chi connectivity index (χ1) is 12.4. The normalized spacial score (nSPS) is 16.2. The molecule has 0 saturated heterocycles. The van der Waals surface area contributed by atoms with Gasteiger partial charge in [-0.25, -0.2) is 0 Å². The van der Waals surface area contributed by atoms with E-state index in [0.717, 1.165) is 0 Å². The summed E-state index contributed by atoms with van der Waals surface area (Å²) in [6.45, 7) is -0.0245. The van der Waals surface area contributed by atoms with Crippen LogP contribution in [0.2, 0.25) is 5.02 Å². The van der Waals surface area contributed by atoms with E-state index in [0.29, 0.717) is 22.1 Å². The van der Waals surface area contributed by atoms with E-state index in [-0.39, 0.29) is 31.2 Å². The average molecular weight is 377 g/mol. The molecule has 0 radical (unpaired) electrons. The molecule has 1 heterocycles. The van der Waals surface area contributed by atoms with Gasteiger partial charge in [0.05, 0.1) is 6.54 Å². The number of carbonyl (C=O) groups excluding carboxylic acids is 2. The largest absolute Gasteiger partial charge is 0.484 e. The van der Waals surface area contributed by atoms with Crippen LogP contribution in [0.4, 0.5) is 0 Å². The first-order valence-corrected chi connectivity index (χ1v) is 8.24. The highest BCUT2D eigenvalue weighted by Gasteiger charge is 2.25. The zero-order valence-electron chi connectivity index (χ0n) is 13.7. The maximum atomic E-state index is 12.5. The molecule has 1 aliphatic rings. The monoisotopic (exact) mass is 376 g/mol. The van der Waals surface area contributed by atoms with Crippen molar-refractivity contribution < 1.29 is 24.2 Å². The summed E-state index contributed by atoms with van der Waals surface area (Å²) in [4.78, 5) is 25.2. The third-order valence-electron chi connectivity index (χ3n) is 3.86. The number of β-amino-alcohol motifs (C(OH)–C–C–N with tert-alkyl or cyclic N) is 1. The van der Waals surface area contributed by atoms with E-state index in [4.69, 9.17) is 26.8 Å². The lowest BCUT2D eigenvalue weighted by Gasteiger charge is -2.21. The second-order valence-corrected chi connectivity index (χ2v) is 6.22. The fourth-order valence-electron chi connectivity index (χ4n) is 2.57. The molecular weight excluding hydrogens is 360 g/mol. The minimum absolute atomic E-state index is 0.0294. The summed E-state index contributed by atoms with van der Waals surface area (Å²) in [7, 11) is 0. The van der Waals surface area contributed by atoms with Crippen LogP contribution in [0.3, 0.4) is 0 Å². The van der Waals surface area contributed by atoms with Crippen LogP contribution in [-0.4, -0.2) is 41.3 Å². The molecule has 2 amide bonds. The van der Waals surface area contributed by atoms with Gasteiger partial charge in [-0.05, 0) is 30.3 Å². The Labute approximate surface area is 154 Å². The van der Waals surface area contributed by atoms with Crippen molar-refractivity contribution in [1.82, 2.24) is 4.90 Å². The molecule has 0 bridgehead atoms. The number of nitrogens with zero attached hydrogens (tertiary/aromatic N) is 1. The molecule has 7 nitrogen and oxygen atoms in total. The quantitative estimate of drug-likeness (QED) is 0.843. The summed E-state index contributed by atoms with van der Waals surface area (Å²) >= 11 is 5.88. The Hall–Kier alpha value is -2.77. The molecule has 2 aromatic rings. The van der Waals surface area contributed by atoms with Gasteiger partial charge < -0.3 is 25.2 Å². The number of primary amides is 1. The van der Waals surface area contributed by atoms with Crippen LogP contribution in [-0.2, 0) is 11.3 Å². The summed E-state index contributed by atoms with van der Waals surface area (Å²) in [6, 6.07) is 11.4. The molecule has 1 atom stereocenters. The fourth-order valence-corrected chi connectivity index (χ4v) is 2.75. The van der Waals surface area contributed by atoms with Gasteiger partial charge >= 0.3 is 0 Å². The summed E-state index contributed by atoms with van der Waals surface area (Å²) in [5.74, 6) is -0.124. The maximum Gasteiger partial charge on any atom is 0.261 e. The number of amides is 2. The Morgan fingerprint density at radius 2 is 2.12 bits per heavy atom. The van der Waals surface area contributed by atoms with Crippen LogP contribution >= 0.6 is 11.6 Å². The zero-order chi connectivity index (χ0) is 18.7. The van der Waals surface area contributed by atoms with Gasteiger partial charge in [0, 0.05) is 22.7 Å². The number of aliphatic hydroxyl groups is 1. The van der Waals surface area contributed by atoms with Crippen molar-refractivity contribution in [3.63, 3.8) is 0 Å². The van der Waals surface area contributed by atoms with E-state index >= 15 is 0 Å². The molecule has 3 rings (SSSR count). The van der Waals surface area contributed by atoms with Gasteiger partial charge in [-0.3, -0.25) is 9.59 Å². The highest BCUT2D eigenvalue weighted by Crippen LogP contribution is 2.26. The van der Waals surface area contributed by atoms with Crippen molar-refractivity contribution in [1.29, 1.82) is 0 Å². The number of rotatable bonds is 4. The molecule has 0 aromatic heterocycles. The predicted octanol–water partition coefficient (Wildman–Crippen LogP) is 1.56. The lowest BCUT2D eigenvalue weighted by atomic mass is 10.1. The van der Waals surface area contributed by atoms with E-state index in [1.165, 1.54) is 11.0 Å². The summed E-state index contributed by atoms with van der Waals surface area (Å²) < 4.78 is 10.9. The van der Waals surface area contributed by atoms with Crippen molar-refractivity contribution in [3.8, 4) is 11.5 Å². The molecule has 8 heteroatoms. The van der Waals surface area contributed by atoms with Crippen LogP contribution in [0.1, 0.15) is 15.9 Å². The maximum absolute atomic E-state index is 12.5. The molecule has 1 aliphatic heterocycles. The Kier molecular flexibility index (Phi) is 5.29. The fraction of sp³-hybridized carbons (Fsp3) is 0.222. The Morgan fingerprint density at radius 1 is 1.31 bits per heavy atom. The standard InChI is InChI=1S/C18H17ClN2O5/c19-13-2-1-3-14(7-13)25-10-16(22)21-8-12-5-4-11(18(20)24)6-15(12)26-17(23)9-21/h1-7,17,23H,8-10H2,(H2,20,24). The number of hydrogen-bond donors (Lipinski definition) is 2. The Bertz CT molecular complexity index is 842. The molecule has 136 valence electrons. The summed E-state index contributed by atoms with van der Waals surface area (Å²) in [6.07, 6.45) is -1.23. The average Bonchev–Trinajstić information content (AvgIpc) is 2.77. The highest BCUT2D eigenvalue weighted by molar-refractivity contribution is 6.30. The first kappa shape index (κ1) is 18.0. The Morgan fingerprint density at radius 3 is 2.85 bits per heavy atom. The second-order valence-electron chi connectivity index (χ2n) is 5.78. The van der Waals surface area contributed by atoms with Gasteiger partial charge in [0.25, 0.3) is 5.91 Å². The zero-order valence-corrected chi connectivity index (χ0v) is 14.5. The third kappa shape index (κ3) is 4.25. The van der Waals surface area contributed by atoms with E-state index < -0.39 is 12.2 Å². The van der Waals surface area contributed by atoms with Gasteiger partial charge in [-0.15, -0.1) is 0 Å². The SMILES string of the molecule is NC(=O)c1ccc2c(c1)OC(O)CN(C(=O)COc1cccc(Cl)c1)C2. The van der Waals surface area contributed by atoms with Crippen molar-refractivity contribution in [3.05, 3.63) is 58.6 Å². The molecule has 0 fully saturated rings. The van der Waals surface area contributed by atoms with Gasteiger partial charge in [0.15, 0.2) is 6.61 Å². The lowest BCUT2D eigenvalue weighted by molar-refractivity contribution is -0.138. The molecule has 3 N–H and O–H groups in total. The molecular formula is C18H17ClN2O5.